The van der Waals surface area contributed by atoms with Gasteiger partial charge in [-0.05, 0) is 54.6 Å². The van der Waals surface area contributed by atoms with Gasteiger partial charge in [-0.15, -0.1) is 11.8 Å². The van der Waals surface area contributed by atoms with E-state index in [1.165, 1.54) is 36.0 Å². The second-order valence-corrected chi connectivity index (χ2v) is 8.20. The molecule has 3 aromatic carbocycles. The van der Waals surface area contributed by atoms with Crippen LogP contribution in [0.4, 0.5) is 17.1 Å². The molecule has 0 spiro atoms. The van der Waals surface area contributed by atoms with Crippen molar-refractivity contribution in [3.8, 4) is 0 Å². The van der Waals surface area contributed by atoms with Gasteiger partial charge >= 0.3 is 0 Å². The number of nitro groups is 1. The van der Waals surface area contributed by atoms with Crippen molar-refractivity contribution in [1.29, 1.82) is 0 Å². The van der Waals surface area contributed by atoms with E-state index in [4.69, 9.17) is 23.2 Å². The number of carbonyl (C=O) groups is 2. The zero-order valence-electron chi connectivity index (χ0n) is 15.8. The van der Waals surface area contributed by atoms with Crippen LogP contribution in [0.2, 0.25) is 10.0 Å². The van der Waals surface area contributed by atoms with Crippen LogP contribution in [0.1, 0.15) is 10.4 Å². The highest BCUT2D eigenvalue weighted by molar-refractivity contribution is 8.00. The fourth-order valence-electron chi connectivity index (χ4n) is 2.54. The van der Waals surface area contributed by atoms with E-state index < -0.39 is 4.92 Å². The molecule has 0 aliphatic rings. The maximum atomic E-state index is 12.3. The number of hydrogen-bond acceptors (Lipinski definition) is 5. The van der Waals surface area contributed by atoms with E-state index in [-0.39, 0.29) is 23.3 Å². The number of hydrogen-bond donors (Lipinski definition) is 2. The molecule has 0 saturated carbocycles. The zero-order valence-corrected chi connectivity index (χ0v) is 18.1. The molecular formula is C21H15Cl2N3O4S. The van der Waals surface area contributed by atoms with E-state index in [0.717, 1.165) is 4.90 Å². The predicted molar refractivity (Wildman–Crippen MR) is 123 cm³/mol. The van der Waals surface area contributed by atoms with E-state index in [1.54, 1.807) is 42.5 Å². The first kappa shape index (κ1) is 22.6. The minimum atomic E-state index is -0.525. The van der Waals surface area contributed by atoms with Gasteiger partial charge in [-0.1, -0.05) is 23.2 Å². The Morgan fingerprint density at radius 2 is 1.48 bits per heavy atom. The van der Waals surface area contributed by atoms with Crippen molar-refractivity contribution >= 4 is 63.8 Å². The number of thioether (sulfide) groups is 1. The zero-order chi connectivity index (χ0) is 22.4. The van der Waals surface area contributed by atoms with Gasteiger partial charge in [0.15, 0.2) is 0 Å². The van der Waals surface area contributed by atoms with Crippen LogP contribution in [-0.4, -0.2) is 22.5 Å². The number of rotatable bonds is 7. The van der Waals surface area contributed by atoms with Crippen molar-refractivity contribution in [3.05, 3.63) is 92.5 Å². The predicted octanol–water partition coefficient (Wildman–Crippen LogP) is 5.88. The summed E-state index contributed by atoms with van der Waals surface area (Å²) in [4.78, 5) is 35.4. The van der Waals surface area contributed by atoms with Gasteiger partial charge in [0.25, 0.3) is 11.6 Å². The molecule has 10 heteroatoms. The summed E-state index contributed by atoms with van der Waals surface area (Å²) in [6, 6.07) is 17.1. The molecule has 0 heterocycles. The smallest absolute Gasteiger partial charge is 0.269 e. The molecule has 0 unspecified atom stereocenters. The first-order valence-electron chi connectivity index (χ1n) is 8.85. The SMILES string of the molecule is O=C(CSc1ccc(NC(=O)c2ccc([N+](=O)[O-])cc2)cc1)Nc1cc(Cl)cc(Cl)c1. The Bertz CT molecular complexity index is 1100. The monoisotopic (exact) mass is 475 g/mol. The Hall–Kier alpha value is -3.07. The lowest BCUT2D eigenvalue weighted by Crippen LogP contribution is -2.14. The number of halogens is 2. The van der Waals surface area contributed by atoms with Crippen LogP contribution < -0.4 is 10.6 Å². The molecule has 0 radical (unpaired) electrons. The van der Waals surface area contributed by atoms with Crippen LogP contribution in [0.15, 0.2) is 71.6 Å². The Morgan fingerprint density at radius 1 is 0.871 bits per heavy atom. The molecular weight excluding hydrogens is 461 g/mol. The average molecular weight is 476 g/mol. The van der Waals surface area contributed by atoms with Gasteiger partial charge in [0.05, 0.1) is 10.7 Å². The molecule has 2 N–H and O–H groups in total. The van der Waals surface area contributed by atoms with Crippen molar-refractivity contribution in [1.82, 2.24) is 0 Å². The van der Waals surface area contributed by atoms with Crippen LogP contribution in [0.5, 0.6) is 0 Å². The molecule has 2 amide bonds. The van der Waals surface area contributed by atoms with E-state index in [0.29, 0.717) is 27.0 Å². The van der Waals surface area contributed by atoms with E-state index >= 15 is 0 Å². The molecule has 0 saturated heterocycles. The lowest BCUT2D eigenvalue weighted by molar-refractivity contribution is -0.384. The average Bonchev–Trinajstić information content (AvgIpc) is 2.72. The summed E-state index contributed by atoms with van der Waals surface area (Å²) in [5.41, 5.74) is 1.31. The quantitative estimate of drug-likeness (QED) is 0.252. The summed E-state index contributed by atoms with van der Waals surface area (Å²) in [7, 11) is 0. The molecule has 31 heavy (non-hydrogen) atoms. The lowest BCUT2D eigenvalue weighted by atomic mass is 10.2. The molecule has 0 aliphatic carbocycles. The van der Waals surface area contributed by atoms with E-state index in [1.807, 2.05) is 0 Å². The highest BCUT2D eigenvalue weighted by atomic mass is 35.5. The summed E-state index contributed by atoms with van der Waals surface area (Å²) < 4.78 is 0. The van der Waals surface area contributed by atoms with Crippen molar-refractivity contribution < 1.29 is 14.5 Å². The van der Waals surface area contributed by atoms with Gasteiger partial charge in [-0.25, -0.2) is 0 Å². The molecule has 0 aliphatic heterocycles. The lowest BCUT2D eigenvalue weighted by Gasteiger charge is -2.08. The molecule has 0 fully saturated rings. The summed E-state index contributed by atoms with van der Waals surface area (Å²) in [6.45, 7) is 0. The fourth-order valence-corrected chi connectivity index (χ4v) is 3.77. The van der Waals surface area contributed by atoms with Gasteiger partial charge in [-0.3, -0.25) is 19.7 Å². The summed E-state index contributed by atoms with van der Waals surface area (Å²) >= 11 is 13.2. The number of nitrogens with zero attached hydrogens (tertiary/aromatic N) is 1. The molecule has 3 aromatic rings. The van der Waals surface area contributed by atoms with Gasteiger partial charge in [0.2, 0.25) is 5.91 Å². The van der Waals surface area contributed by atoms with Crippen molar-refractivity contribution in [3.63, 3.8) is 0 Å². The minimum absolute atomic E-state index is 0.0829. The maximum Gasteiger partial charge on any atom is 0.269 e. The Balaban J connectivity index is 1.52. The van der Waals surface area contributed by atoms with Gasteiger partial charge in [-0.2, -0.15) is 0 Å². The minimum Gasteiger partial charge on any atom is -0.325 e. The van der Waals surface area contributed by atoms with Crippen molar-refractivity contribution in [2.45, 2.75) is 4.90 Å². The molecule has 0 bridgehead atoms. The second kappa shape index (κ2) is 10.3. The highest BCUT2D eigenvalue weighted by Gasteiger charge is 2.10. The molecule has 3 rings (SSSR count). The number of anilines is 2. The highest BCUT2D eigenvalue weighted by Crippen LogP contribution is 2.24. The third-order valence-electron chi connectivity index (χ3n) is 3.97. The molecule has 0 aromatic heterocycles. The molecule has 158 valence electrons. The number of nitrogens with one attached hydrogen (secondary N) is 2. The third-order valence-corrected chi connectivity index (χ3v) is 5.42. The van der Waals surface area contributed by atoms with Crippen LogP contribution in [0.25, 0.3) is 0 Å². The Labute approximate surface area is 191 Å². The number of carbonyl (C=O) groups excluding carboxylic acids is 2. The summed E-state index contributed by atoms with van der Waals surface area (Å²) in [6.07, 6.45) is 0. The largest absolute Gasteiger partial charge is 0.325 e. The number of benzene rings is 3. The topological polar surface area (TPSA) is 101 Å². The number of nitro benzene ring substituents is 1. The van der Waals surface area contributed by atoms with Crippen LogP contribution >= 0.6 is 35.0 Å². The van der Waals surface area contributed by atoms with Gasteiger partial charge in [0.1, 0.15) is 0 Å². The first-order chi connectivity index (χ1) is 14.8. The Morgan fingerprint density at radius 3 is 2.06 bits per heavy atom. The van der Waals surface area contributed by atoms with Crippen molar-refractivity contribution in [2.75, 3.05) is 16.4 Å². The van der Waals surface area contributed by atoms with Crippen LogP contribution in [-0.2, 0) is 4.79 Å². The molecule has 0 atom stereocenters. The Kier molecular flexibility index (Phi) is 7.51. The molecule has 7 nitrogen and oxygen atoms in total. The van der Waals surface area contributed by atoms with Gasteiger partial charge in [0, 0.05) is 44.0 Å². The third kappa shape index (κ3) is 6.71. The van der Waals surface area contributed by atoms with Crippen LogP contribution in [0.3, 0.4) is 0 Å². The summed E-state index contributed by atoms with van der Waals surface area (Å²) in [5, 5.41) is 17.0. The van der Waals surface area contributed by atoms with Crippen LogP contribution in [0, 0.1) is 10.1 Å². The number of amides is 2. The van der Waals surface area contributed by atoms with E-state index in [2.05, 4.69) is 10.6 Å². The number of non-ortho nitro benzene ring substituents is 1. The second-order valence-electron chi connectivity index (χ2n) is 6.28. The first-order valence-corrected chi connectivity index (χ1v) is 10.6. The maximum absolute atomic E-state index is 12.3. The fraction of sp³-hybridized carbons (Fsp3) is 0.0476. The van der Waals surface area contributed by atoms with E-state index in [9.17, 15) is 19.7 Å². The standard InChI is InChI=1S/C21H15Cl2N3O4S/c22-14-9-15(23)11-17(10-14)24-20(27)12-31-19-7-3-16(4-8-19)25-21(28)13-1-5-18(6-2-13)26(29)30/h1-11H,12H2,(H,24,27)(H,25,28). The van der Waals surface area contributed by atoms with Gasteiger partial charge < -0.3 is 10.6 Å². The normalized spacial score (nSPS) is 10.4. The summed E-state index contributed by atoms with van der Waals surface area (Å²) in [5.74, 6) is -0.410. The van der Waals surface area contributed by atoms with Crippen molar-refractivity contribution in [2.24, 2.45) is 0 Å².